The van der Waals surface area contributed by atoms with E-state index < -0.39 is 0 Å². The van der Waals surface area contributed by atoms with Crippen LogP contribution >= 0.6 is 0 Å². The van der Waals surface area contributed by atoms with E-state index in [1.165, 1.54) is 32.1 Å². The third-order valence-corrected chi connectivity index (χ3v) is 3.38. The predicted molar refractivity (Wildman–Crippen MR) is 103 cm³/mol. The predicted octanol–water partition coefficient (Wildman–Crippen LogP) is 7.71. The van der Waals surface area contributed by atoms with Crippen LogP contribution in [-0.2, 0) is 0 Å². The smallest absolute Gasteiger partial charge is 0.0169 e. The molecule has 0 saturated carbocycles. The molecule has 0 bridgehead atoms. The quantitative estimate of drug-likeness (QED) is 0.227. The average Bonchev–Trinajstić information content (AvgIpc) is 2.54. The Hall–Kier alpha value is -1.30. The maximum absolute atomic E-state index is 2.33. The molecule has 22 heavy (non-hydrogen) atoms. The fourth-order valence-corrected chi connectivity index (χ4v) is 2.06. The van der Waals surface area contributed by atoms with Gasteiger partial charge in [-0.15, -0.1) is 0 Å². The van der Waals surface area contributed by atoms with Gasteiger partial charge in [-0.2, -0.15) is 0 Å². The van der Waals surface area contributed by atoms with E-state index >= 15 is 0 Å². The second-order valence-electron chi connectivity index (χ2n) is 5.56. The molecule has 0 aromatic heterocycles. The molecule has 0 unspecified atom stereocenters. The zero-order valence-electron chi connectivity index (χ0n) is 14.8. The number of unbranched alkanes of at least 4 members (excludes halogenated alkanes) is 4. The lowest BCUT2D eigenvalue weighted by Crippen LogP contribution is -1.73. The highest BCUT2D eigenvalue weighted by molar-refractivity contribution is 5.00. The van der Waals surface area contributed by atoms with E-state index in [4.69, 9.17) is 0 Å². The molecule has 0 amide bonds. The van der Waals surface area contributed by atoms with Gasteiger partial charge in [-0.25, -0.2) is 0 Å². The Morgan fingerprint density at radius 2 is 0.909 bits per heavy atom. The molecule has 0 aromatic rings. The Morgan fingerprint density at radius 1 is 0.455 bits per heavy atom. The molecular formula is C22H36. The Bertz CT molecular complexity index is 339. The van der Waals surface area contributed by atoms with Crippen LogP contribution in [0.5, 0.6) is 0 Å². The van der Waals surface area contributed by atoms with E-state index in [0.29, 0.717) is 0 Å². The summed E-state index contributed by atoms with van der Waals surface area (Å²) in [5.74, 6) is 0. The highest BCUT2D eigenvalue weighted by atomic mass is 13.9. The minimum Gasteiger partial charge on any atom is -0.0885 e. The Balaban J connectivity index is 3.40. The van der Waals surface area contributed by atoms with E-state index in [1.807, 2.05) is 0 Å². The lowest BCUT2D eigenvalue weighted by Gasteiger charge is -1.93. The van der Waals surface area contributed by atoms with Gasteiger partial charge in [-0.1, -0.05) is 93.9 Å². The van der Waals surface area contributed by atoms with Gasteiger partial charge in [0.25, 0.3) is 0 Å². The van der Waals surface area contributed by atoms with Gasteiger partial charge in [0.1, 0.15) is 0 Å². The molecule has 0 aliphatic carbocycles. The van der Waals surface area contributed by atoms with Gasteiger partial charge in [0.15, 0.2) is 0 Å². The van der Waals surface area contributed by atoms with Gasteiger partial charge in [-0.05, 0) is 44.9 Å². The molecule has 0 fully saturated rings. The van der Waals surface area contributed by atoms with Crippen LogP contribution in [0.25, 0.3) is 0 Å². The maximum atomic E-state index is 2.33. The van der Waals surface area contributed by atoms with Crippen molar-refractivity contribution in [3.8, 4) is 0 Å². The first-order valence-corrected chi connectivity index (χ1v) is 9.16. The van der Waals surface area contributed by atoms with Crippen molar-refractivity contribution in [1.82, 2.24) is 0 Å². The van der Waals surface area contributed by atoms with Gasteiger partial charge < -0.3 is 0 Å². The number of allylic oxidation sites excluding steroid dienone is 10. The van der Waals surface area contributed by atoms with Gasteiger partial charge in [-0.3, -0.25) is 0 Å². The Labute approximate surface area is 139 Å². The van der Waals surface area contributed by atoms with Gasteiger partial charge >= 0.3 is 0 Å². The molecular weight excluding hydrogens is 264 g/mol. The van der Waals surface area contributed by atoms with Crippen molar-refractivity contribution in [3.63, 3.8) is 0 Å². The second kappa shape index (κ2) is 19.7. The summed E-state index contributed by atoms with van der Waals surface area (Å²) < 4.78 is 0. The number of rotatable bonds is 14. The van der Waals surface area contributed by atoms with Crippen LogP contribution in [0.4, 0.5) is 0 Å². The minimum absolute atomic E-state index is 1.05. The summed E-state index contributed by atoms with van der Waals surface area (Å²) in [4.78, 5) is 0. The van der Waals surface area contributed by atoms with Crippen molar-refractivity contribution in [2.75, 3.05) is 0 Å². The average molecular weight is 301 g/mol. The molecule has 0 aliphatic rings. The summed E-state index contributed by atoms with van der Waals surface area (Å²) in [6.07, 6.45) is 34.6. The van der Waals surface area contributed by atoms with E-state index in [0.717, 1.165) is 32.1 Å². The highest BCUT2D eigenvalue weighted by Gasteiger charge is 1.83. The van der Waals surface area contributed by atoms with Crippen LogP contribution < -0.4 is 0 Å². The highest BCUT2D eigenvalue weighted by Crippen LogP contribution is 2.03. The first-order chi connectivity index (χ1) is 10.9. The first kappa shape index (κ1) is 20.7. The summed E-state index contributed by atoms with van der Waals surface area (Å²) in [6, 6.07) is 0. The third-order valence-electron chi connectivity index (χ3n) is 3.38. The molecule has 0 radical (unpaired) electrons. The number of hydrogen-bond acceptors (Lipinski definition) is 0. The van der Waals surface area contributed by atoms with E-state index in [2.05, 4.69) is 74.6 Å². The van der Waals surface area contributed by atoms with Crippen molar-refractivity contribution in [2.24, 2.45) is 0 Å². The number of hydrogen-bond donors (Lipinski definition) is 0. The van der Waals surface area contributed by atoms with Crippen LogP contribution in [0.15, 0.2) is 60.8 Å². The second-order valence-corrected chi connectivity index (χ2v) is 5.56. The van der Waals surface area contributed by atoms with Crippen LogP contribution in [0.3, 0.4) is 0 Å². The van der Waals surface area contributed by atoms with Gasteiger partial charge in [0, 0.05) is 0 Å². The van der Waals surface area contributed by atoms with Crippen molar-refractivity contribution < 1.29 is 0 Å². The summed E-state index contributed by atoms with van der Waals surface area (Å²) in [5, 5.41) is 0. The van der Waals surface area contributed by atoms with E-state index in [-0.39, 0.29) is 0 Å². The summed E-state index contributed by atoms with van der Waals surface area (Å²) in [6.45, 7) is 4.43. The van der Waals surface area contributed by atoms with Crippen molar-refractivity contribution >= 4 is 0 Å². The topological polar surface area (TPSA) is 0 Å². The van der Waals surface area contributed by atoms with Crippen molar-refractivity contribution in [2.45, 2.75) is 78.1 Å². The molecule has 0 aliphatic heterocycles. The molecule has 0 rings (SSSR count). The summed E-state index contributed by atoms with van der Waals surface area (Å²) in [7, 11) is 0. The molecule has 0 atom stereocenters. The third kappa shape index (κ3) is 18.7. The Morgan fingerprint density at radius 3 is 1.36 bits per heavy atom. The standard InChI is InChI=1S/C22H36/c1-3-5-7-9-11-13-15-17-19-21-22-20-18-16-14-12-10-8-6-4-2/h5,7,11,13-14,16-17,19-20,22H,3-4,6,8-10,12,15,18,21H2,1-2H3. The zero-order chi connectivity index (χ0) is 16.1. The normalized spacial score (nSPS) is 13.0. The molecule has 0 heteroatoms. The molecule has 0 saturated heterocycles. The summed E-state index contributed by atoms with van der Waals surface area (Å²) in [5.41, 5.74) is 0. The lowest BCUT2D eigenvalue weighted by molar-refractivity contribution is 0.674. The lowest BCUT2D eigenvalue weighted by atomic mass is 10.1. The zero-order valence-corrected chi connectivity index (χ0v) is 14.8. The molecule has 0 heterocycles. The molecule has 0 nitrogen and oxygen atoms in total. The van der Waals surface area contributed by atoms with Gasteiger partial charge in [0.05, 0.1) is 0 Å². The molecule has 0 spiro atoms. The van der Waals surface area contributed by atoms with Crippen LogP contribution in [0, 0.1) is 0 Å². The monoisotopic (exact) mass is 300 g/mol. The maximum Gasteiger partial charge on any atom is -0.0169 e. The fraction of sp³-hybridized carbons (Fsp3) is 0.545. The first-order valence-electron chi connectivity index (χ1n) is 9.16. The van der Waals surface area contributed by atoms with Gasteiger partial charge in [0.2, 0.25) is 0 Å². The largest absolute Gasteiger partial charge is 0.0885 e. The Kier molecular flexibility index (Phi) is 18.5. The van der Waals surface area contributed by atoms with E-state index in [1.54, 1.807) is 0 Å². The van der Waals surface area contributed by atoms with Crippen molar-refractivity contribution in [1.29, 1.82) is 0 Å². The molecule has 0 N–H and O–H groups in total. The summed E-state index contributed by atoms with van der Waals surface area (Å²) >= 11 is 0. The van der Waals surface area contributed by atoms with Crippen LogP contribution in [0.2, 0.25) is 0 Å². The van der Waals surface area contributed by atoms with Crippen LogP contribution in [-0.4, -0.2) is 0 Å². The fourth-order valence-electron chi connectivity index (χ4n) is 2.06. The van der Waals surface area contributed by atoms with Crippen molar-refractivity contribution in [3.05, 3.63) is 60.8 Å². The van der Waals surface area contributed by atoms with Crippen LogP contribution in [0.1, 0.15) is 78.1 Å². The SMILES string of the molecule is CCC=CCC=CCC=CCC=CCC=CCCCCCC. The molecule has 0 aromatic carbocycles. The molecule has 124 valence electrons. The van der Waals surface area contributed by atoms with E-state index in [9.17, 15) is 0 Å². The minimum atomic E-state index is 1.05.